The van der Waals surface area contributed by atoms with Gasteiger partial charge in [0, 0.05) is 13.8 Å². The van der Waals surface area contributed by atoms with Crippen LogP contribution in [0.15, 0.2) is 23.8 Å². The van der Waals surface area contributed by atoms with Crippen molar-refractivity contribution in [3.63, 3.8) is 0 Å². The third kappa shape index (κ3) is 31.3. The van der Waals surface area contributed by atoms with Gasteiger partial charge < -0.3 is 20.1 Å². The molecule has 0 unspecified atom stereocenters. The molecular formula is C43H74F2N2O6. The summed E-state index contributed by atoms with van der Waals surface area (Å²) in [6.07, 6.45) is 34.1. The van der Waals surface area contributed by atoms with E-state index < -0.39 is 23.5 Å². The van der Waals surface area contributed by atoms with Crippen molar-refractivity contribution in [1.82, 2.24) is 10.6 Å². The van der Waals surface area contributed by atoms with Gasteiger partial charge in [0.05, 0.1) is 25.3 Å². The highest BCUT2D eigenvalue weighted by Gasteiger charge is 2.40. The Hall–Kier alpha value is -2.78. The molecule has 8 nitrogen and oxygen atoms in total. The van der Waals surface area contributed by atoms with Crippen molar-refractivity contribution in [3.8, 4) is 0 Å². The zero-order valence-electron chi connectivity index (χ0n) is 33.4. The summed E-state index contributed by atoms with van der Waals surface area (Å²) in [5, 5.41) is 5.19. The first-order chi connectivity index (χ1) is 25.7. The van der Waals surface area contributed by atoms with Gasteiger partial charge in [-0.3, -0.25) is 19.2 Å². The molecular weight excluding hydrogens is 678 g/mol. The molecule has 1 aliphatic rings. The number of nitrogens with one attached hydrogen (secondary N) is 2. The van der Waals surface area contributed by atoms with Gasteiger partial charge in [0.15, 0.2) is 11.7 Å². The summed E-state index contributed by atoms with van der Waals surface area (Å²) < 4.78 is 38.4. The van der Waals surface area contributed by atoms with E-state index in [1.807, 2.05) is 0 Å². The van der Waals surface area contributed by atoms with Gasteiger partial charge in [0.1, 0.15) is 0 Å². The molecule has 0 radical (unpaired) electrons. The van der Waals surface area contributed by atoms with Gasteiger partial charge in [0.2, 0.25) is 0 Å². The number of amides is 2. The first kappa shape index (κ1) is 48.2. The second-order valence-corrected chi connectivity index (χ2v) is 14.9. The summed E-state index contributed by atoms with van der Waals surface area (Å²) in [6.45, 7) is 3.97. The molecule has 0 aromatic heterocycles. The number of unbranched alkanes of at least 4 members (excludes halogenated alkanes) is 26. The second-order valence-electron chi connectivity index (χ2n) is 14.9. The van der Waals surface area contributed by atoms with E-state index in [9.17, 15) is 28.0 Å². The maximum atomic E-state index is 14.3. The molecule has 1 fully saturated rings. The Morgan fingerprint density at radius 2 is 0.698 bits per heavy atom. The molecule has 10 heteroatoms. The minimum absolute atomic E-state index is 0.201. The fraction of sp³-hybridized carbons (Fsp3) is 0.814. The summed E-state index contributed by atoms with van der Waals surface area (Å²) in [7, 11) is 0. The minimum atomic E-state index is -0.797. The van der Waals surface area contributed by atoms with Crippen molar-refractivity contribution in [3.05, 3.63) is 23.8 Å². The minimum Gasteiger partial charge on any atom is -0.466 e. The first-order valence-corrected chi connectivity index (χ1v) is 21.3. The summed E-state index contributed by atoms with van der Waals surface area (Å²) in [5.74, 6) is -3.54. The Kier molecular flexibility index (Phi) is 30.7. The normalized spacial score (nSPS) is 15.6. The largest absolute Gasteiger partial charge is 0.466 e. The van der Waals surface area contributed by atoms with Crippen LogP contribution >= 0.6 is 0 Å². The lowest BCUT2D eigenvalue weighted by atomic mass is 10.0. The number of carbonyl (C=O) groups excluding carboxylic acids is 4. The number of rotatable bonds is 36. The molecule has 0 spiro atoms. The van der Waals surface area contributed by atoms with Crippen LogP contribution in [0.4, 0.5) is 8.78 Å². The third-order valence-corrected chi connectivity index (χ3v) is 9.81. The highest BCUT2D eigenvalue weighted by atomic mass is 19.1. The zero-order chi connectivity index (χ0) is 38.8. The van der Waals surface area contributed by atoms with E-state index in [4.69, 9.17) is 9.47 Å². The van der Waals surface area contributed by atoms with Gasteiger partial charge in [-0.1, -0.05) is 141 Å². The van der Waals surface area contributed by atoms with Crippen LogP contribution in [0.5, 0.6) is 0 Å². The van der Waals surface area contributed by atoms with Crippen molar-refractivity contribution in [2.75, 3.05) is 13.2 Å². The van der Waals surface area contributed by atoms with Crippen LogP contribution in [0.25, 0.3) is 0 Å². The predicted molar refractivity (Wildman–Crippen MR) is 209 cm³/mol. The predicted octanol–water partition coefficient (Wildman–Crippen LogP) is 11.1. The number of allylic oxidation sites excluding steroid dienone is 2. The fourth-order valence-corrected chi connectivity index (χ4v) is 6.45. The van der Waals surface area contributed by atoms with Crippen molar-refractivity contribution in [2.45, 2.75) is 212 Å². The average molecular weight is 753 g/mol. The van der Waals surface area contributed by atoms with Gasteiger partial charge in [-0.25, -0.2) is 8.78 Å². The molecule has 0 aromatic rings. The number of hydrogen-bond donors (Lipinski definition) is 2. The number of hydrogen-bond acceptors (Lipinski definition) is 6. The molecule has 2 amide bonds. The molecule has 2 atom stereocenters. The van der Waals surface area contributed by atoms with E-state index in [0.717, 1.165) is 64.2 Å². The quantitative estimate of drug-likeness (QED) is 0.0374. The average Bonchev–Trinajstić information content (AvgIpc) is 3.86. The zero-order valence-corrected chi connectivity index (χ0v) is 33.4. The van der Waals surface area contributed by atoms with Crippen LogP contribution in [0.1, 0.15) is 200 Å². The van der Waals surface area contributed by atoms with Crippen LogP contribution in [-0.4, -0.2) is 49.1 Å². The topological polar surface area (TPSA) is 111 Å². The SMILES string of the molecule is CC(=O)OCCCCCCCCCCCCCCC/C=C(\F)C(=O)N[C@H]1C[C@H]1NC(=O)/C(F)=C/CCCCCCCCCCCCCCCOC(C)=O. The molecule has 0 aromatic carbocycles. The summed E-state index contributed by atoms with van der Waals surface area (Å²) in [5.41, 5.74) is 0. The van der Waals surface area contributed by atoms with E-state index in [0.29, 0.717) is 32.5 Å². The number of ether oxygens (including phenoxy) is 2. The molecule has 2 N–H and O–H groups in total. The molecule has 306 valence electrons. The number of carbonyl (C=O) groups is 4. The molecule has 1 rings (SSSR count). The van der Waals surface area contributed by atoms with Gasteiger partial charge in [-0.15, -0.1) is 0 Å². The second kappa shape index (κ2) is 33.8. The van der Waals surface area contributed by atoms with Crippen LogP contribution < -0.4 is 10.6 Å². The van der Waals surface area contributed by atoms with Crippen LogP contribution in [-0.2, 0) is 28.7 Å². The molecule has 0 aliphatic heterocycles. The van der Waals surface area contributed by atoms with Crippen molar-refractivity contribution < 1.29 is 37.4 Å². The maximum Gasteiger partial charge on any atom is 0.302 e. The van der Waals surface area contributed by atoms with Gasteiger partial charge >= 0.3 is 11.9 Å². The third-order valence-electron chi connectivity index (χ3n) is 9.81. The van der Waals surface area contributed by atoms with Crippen molar-refractivity contribution in [1.29, 1.82) is 0 Å². The fourth-order valence-electron chi connectivity index (χ4n) is 6.45. The van der Waals surface area contributed by atoms with Gasteiger partial charge in [-0.2, -0.15) is 0 Å². The lowest BCUT2D eigenvalue weighted by molar-refractivity contribution is -0.142. The Balaban J connectivity index is 1.93. The number of esters is 2. The highest BCUT2D eigenvalue weighted by Crippen LogP contribution is 2.23. The molecule has 53 heavy (non-hydrogen) atoms. The standard InChI is InChI=1S/C43H74F2N2O6/c1-36(48)52-33-29-25-21-17-13-9-5-3-7-11-15-19-23-27-31-38(44)42(50)46-40-35-41(40)47-43(51)39(45)32-28-24-20-16-12-8-4-6-10-14-18-22-26-30-34-53-37(2)49/h31-32,40-41H,3-30,33-35H2,1-2H3,(H,46,50)(H,47,51)/b38-31-,39-32-/t40-,41+. The highest BCUT2D eigenvalue weighted by molar-refractivity contribution is 5.93. The van der Waals surface area contributed by atoms with E-state index in [2.05, 4.69) is 10.6 Å². The van der Waals surface area contributed by atoms with Gasteiger partial charge in [-0.05, 0) is 57.1 Å². The Labute approximate surface area is 320 Å². The Bertz CT molecular complexity index is 970. The molecule has 1 saturated carbocycles. The first-order valence-electron chi connectivity index (χ1n) is 21.3. The monoisotopic (exact) mass is 753 g/mol. The smallest absolute Gasteiger partial charge is 0.302 e. The molecule has 0 saturated heterocycles. The van der Waals surface area contributed by atoms with Gasteiger partial charge in [0.25, 0.3) is 11.8 Å². The lowest BCUT2D eigenvalue weighted by Crippen LogP contribution is -2.35. The van der Waals surface area contributed by atoms with Crippen LogP contribution in [0, 0.1) is 0 Å². The molecule has 1 aliphatic carbocycles. The maximum absolute atomic E-state index is 14.3. The van der Waals surface area contributed by atoms with Crippen LogP contribution in [0.3, 0.4) is 0 Å². The summed E-state index contributed by atoms with van der Waals surface area (Å²) >= 11 is 0. The van der Waals surface area contributed by atoms with Crippen LogP contribution in [0.2, 0.25) is 0 Å². The van der Waals surface area contributed by atoms with E-state index >= 15 is 0 Å². The molecule has 0 bridgehead atoms. The van der Waals surface area contributed by atoms with E-state index in [1.54, 1.807) is 0 Å². The Morgan fingerprint density at radius 1 is 0.453 bits per heavy atom. The summed E-state index contributed by atoms with van der Waals surface area (Å²) in [4.78, 5) is 45.8. The molecule has 0 heterocycles. The van der Waals surface area contributed by atoms with Crippen molar-refractivity contribution >= 4 is 23.8 Å². The van der Waals surface area contributed by atoms with Crippen molar-refractivity contribution in [2.24, 2.45) is 0 Å². The van der Waals surface area contributed by atoms with E-state index in [1.165, 1.54) is 129 Å². The lowest BCUT2D eigenvalue weighted by Gasteiger charge is -2.05. The van der Waals surface area contributed by atoms with E-state index in [-0.39, 0.29) is 24.0 Å². The number of halogens is 2. The summed E-state index contributed by atoms with van der Waals surface area (Å²) in [6, 6.07) is -0.746. The Morgan fingerprint density at radius 3 is 0.962 bits per heavy atom.